The number of methoxy groups -OCH3 is 1. The zero-order valence-electron chi connectivity index (χ0n) is 21.5. The van der Waals surface area contributed by atoms with E-state index < -0.39 is 28.5 Å². The maximum absolute atomic E-state index is 13.8. The van der Waals surface area contributed by atoms with Crippen LogP contribution in [0.4, 0.5) is 5.69 Å². The molecule has 0 aromatic heterocycles. The SMILES string of the molecule is CCNC(=O)[C@@H](C)N(Cc1cccc(OC)c1)C(=O)CN(c1ccccc1C)S(=O)(=O)c1ccccc1. The van der Waals surface area contributed by atoms with Crippen molar-refractivity contribution >= 4 is 27.5 Å². The van der Waals surface area contributed by atoms with Crippen LogP contribution in [0.15, 0.2) is 83.8 Å². The molecule has 0 aliphatic heterocycles. The van der Waals surface area contributed by atoms with E-state index in [2.05, 4.69) is 5.32 Å². The summed E-state index contributed by atoms with van der Waals surface area (Å²) in [7, 11) is -2.53. The van der Waals surface area contributed by atoms with Gasteiger partial charge in [0.1, 0.15) is 18.3 Å². The second-order valence-electron chi connectivity index (χ2n) is 8.55. The number of rotatable bonds is 11. The zero-order valence-corrected chi connectivity index (χ0v) is 22.4. The fraction of sp³-hybridized carbons (Fsp3) is 0.286. The number of aryl methyl sites for hydroxylation is 1. The van der Waals surface area contributed by atoms with Crippen molar-refractivity contribution in [3.8, 4) is 5.75 Å². The third-order valence-corrected chi connectivity index (χ3v) is 7.77. The van der Waals surface area contributed by atoms with Gasteiger partial charge < -0.3 is 15.0 Å². The highest BCUT2D eigenvalue weighted by Gasteiger charge is 2.32. The first-order valence-electron chi connectivity index (χ1n) is 12.0. The van der Waals surface area contributed by atoms with Gasteiger partial charge in [0.05, 0.1) is 17.7 Å². The molecule has 1 N–H and O–H groups in total. The van der Waals surface area contributed by atoms with Gasteiger partial charge in [-0.1, -0.05) is 48.5 Å². The van der Waals surface area contributed by atoms with E-state index in [9.17, 15) is 18.0 Å². The first kappa shape index (κ1) is 27.7. The Labute approximate surface area is 218 Å². The van der Waals surface area contributed by atoms with Crippen molar-refractivity contribution < 1.29 is 22.7 Å². The highest BCUT2D eigenvalue weighted by atomic mass is 32.2. The molecule has 0 spiro atoms. The normalized spacial score (nSPS) is 11.9. The summed E-state index contributed by atoms with van der Waals surface area (Å²) < 4.78 is 33.9. The Balaban J connectivity index is 2.03. The molecular formula is C28H33N3O5S. The molecular weight excluding hydrogens is 490 g/mol. The van der Waals surface area contributed by atoms with Crippen molar-refractivity contribution in [3.63, 3.8) is 0 Å². The molecule has 0 unspecified atom stereocenters. The lowest BCUT2D eigenvalue weighted by Gasteiger charge is -2.32. The Hall–Kier alpha value is -3.85. The monoisotopic (exact) mass is 523 g/mol. The number of nitrogens with one attached hydrogen (secondary N) is 1. The molecule has 3 aromatic rings. The first-order valence-corrected chi connectivity index (χ1v) is 13.5. The molecule has 9 heteroatoms. The molecule has 0 aliphatic rings. The first-order chi connectivity index (χ1) is 17.7. The summed E-state index contributed by atoms with van der Waals surface area (Å²) in [4.78, 5) is 28.1. The Morgan fingerprint density at radius 2 is 1.65 bits per heavy atom. The predicted molar refractivity (Wildman–Crippen MR) is 144 cm³/mol. The summed E-state index contributed by atoms with van der Waals surface area (Å²) in [5.41, 5.74) is 1.84. The van der Waals surface area contributed by atoms with Gasteiger partial charge in [0, 0.05) is 13.1 Å². The molecule has 2 amide bonds. The van der Waals surface area contributed by atoms with Crippen LogP contribution in [0, 0.1) is 6.92 Å². The number of hydrogen-bond donors (Lipinski definition) is 1. The summed E-state index contributed by atoms with van der Waals surface area (Å²) in [5.74, 6) is -0.222. The molecule has 3 aromatic carbocycles. The number of para-hydroxylation sites is 1. The maximum atomic E-state index is 13.8. The van der Waals surface area contributed by atoms with E-state index in [1.165, 1.54) is 17.0 Å². The van der Waals surface area contributed by atoms with Gasteiger partial charge in [0.2, 0.25) is 11.8 Å². The lowest BCUT2D eigenvalue weighted by atomic mass is 10.1. The van der Waals surface area contributed by atoms with Crippen molar-refractivity contribution in [2.45, 2.75) is 38.3 Å². The molecule has 0 heterocycles. The highest BCUT2D eigenvalue weighted by Crippen LogP contribution is 2.27. The van der Waals surface area contributed by atoms with E-state index >= 15 is 0 Å². The van der Waals surface area contributed by atoms with Gasteiger partial charge in [0.15, 0.2) is 0 Å². The molecule has 0 saturated heterocycles. The minimum atomic E-state index is -4.08. The summed E-state index contributed by atoms with van der Waals surface area (Å²) in [6.07, 6.45) is 0. The lowest BCUT2D eigenvalue weighted by molar-refractivity contribution is -0.139. The van der Waals surface area contributed by atoms with Crippen molar-refractivity contribution in [1.82, 2.24) is 10.2 Å². The number of amides is 2. The Kier molecular flexibility index (Phi) is 9.30. The third kappa shape index (κ3) is 6.68. The largest absolute Gasteiger partial charge is 0.497 e. The minimum Gasteiger partial charge on any atom is -0.497 e. The number of hydrogen-bond acceptors (Lipinski definition) is 5. The Morgan fingerprint density at radius 1 is 0.973 bits per heavy atom. The lowest BCUT2D eigenvalue weighted by Crippen LogP contribution is -2.51. The molecule has 0 saturated carbocycles. The van der Waals surface area contributed by atoms with Crippen LogP contribution in [-0.4, -0.2) is 51.4 Å². The summed E-state index contributed by atoms with van der Waals surface area (Å²) >= 11 is 0. The van der Waals surface area contributed by atoms with Crippen molar-refractivity contribution in [3.05, 3.63) is 90.0 Å². The standard InChI is InChI=1S/C28H33N3O5S/c1-5-29-28(33)22(3)30(19-23-13-11-14-24(18-23)36-4)27(32)20-31(26-17-10-9-12-21(26)2)37(34,35)25-15-7-6-8-16-25/h6-18,22H,5,19-20H2,1-4H3,(H,29,33)/t22-/m1/s1. The summed E-state index contributed by atoms with van der Waals surface area (Å²) in [6.45, 7) is 5.25. The van der Waals surface area contributed by atoms with Crippen molar-refractivity contribution in [2.24, 2.45) is 0 Å². The number of carbonyl (C=O) groups is 2. The number of benzene rings is 3. The van der Waals surface area contributed by atoms with Crippen LogP contribution in [0.3, 0.4) is 0 Å². The minimum absolute atomic E-state index is 0.0715. The van der Waals surface area contributed by atoms with Crippen LogP contribution in [0.1, 0.15) is 25.0 Å². The molecule has 0 fully saturated rings. The van der Waals surface area contributed by atoms with Crippen LogP contribution >= 0.6 is 0 Å². The van der Waals surface area contributed by atoms with Crippen LogP contribution in [0.2, 0.25) is 0 Å². The van der Waals surface area contributed by atoms with Gasteiger partial charge in [0.25, 0.3) is 10.0 Å². The molecule has 196 valence electrons. The molecule has 0 bridgehead atoms. The van der Waals surface area contributed by atoms with Gasteiger partial charge >= 0.3 is 0 Å². The molecule has 3 rings (SSSR count). The molecule has 8 nitrogen and oxygen atoms in total. The van der Waals surface area contributed by atoms with E-state index in [0.29, 0.717) is 23.5 Å². The van der Waals surface area contributed by atoms with Crippen molar-refractivity contribution in [2.75, 3.05) is 24.5 Å². The average molecular weight is 524 g/mol. The van der Waals surface area contributed by atoms with Gasteiger partial charge in [-0.2, -0.15) is 0 Å². The molecule has 37 heavy (non-hydrogen) atoms. The van der Waals surface area contributed by atoms with Gasteiger partial charge in [-0.3, -0.25) is 13.9 Å². The second-order valence-corrected chi connectivity index (χ2v) is 10.4. The zero-order chi connectivity index (χ0) is 27.0. The summed E-state index contributed by atoms with van der Waals surface area (Å²) in [6, 6.07) is 21.3. The molecule has 0 radical (unpaired) electrons. The number of nitrogens with zero attached hydrogens (tertiary/aromatic N) is 2. The topological polar surface area (TPSA) is 96.0 Å². The number of likely N-dealkylation sites (N-methyl/N-ethyl adjacent to an activating group) is 1. The molecule has 0 aliphatic carbocycles. The van der Waals surface area contributed by atoms with Crippen molar-refractivity contribution in [1.29, 1.82) is 0 Å². The van der Waals surface area contributed by atoms with Gasteiger partial charge in [-0.05, 0) is 62.2 Å². The van der Waals surface area contributed by atoms with Gasteiger partial charge in [-0.15, -0.1) is 0 Å². The maximum Gasteiger partial charge on any atom is 0.264 e. The van der Waals surface area contributed by atoms with Crippen LogP contribution in [-0.2, 0) is 26.2 Å². The van der Waals surface area contributed by atoms with E-state index in [0.717, 1.165) is 9.87 Å². The second kappa shape index (κ2) is 12.4. The molecule has 1 atom stereocenters. The van der Waals surface area contributed by atoms with E-state index in [1.807, 2.05) is 6.07 Å². The van der Waals surface area contributed by atoms with Crippen LogP contribution in [0.5, 0.6) is 5.75 Å². The van der Waals surface area contributed by atoms with E-state index in [-0.39, 0.29) is 17.3 Å². The van der Waals surface area contributed by atoms with E-state index in [1.54, 1.807) is 88.5 Å². The smallest absolute Gasteiger partial charge is 0.264 e. The third-order valence-electron chi connectivity index (χ3n) is 6.00. The highest BCUT2D eigenvalue weighted by molar-refractivity contribution is 7.92. The van der Waals surface area contributed by atoms with E-state index in [4.69, 9.17) is 4.74 Å². The van der Waals surface area contributed by atoms with Crippen LogP contribution < -0.4 is 14.4 Å². The van der Waals surface area contributed by atoms with Gasteiger partial charge in [-0.25, -0.2) is 8.42 Å². The van der Waals surface area contributed by atoms with Crippen LogP contribution in [0.25, 0.3) is 0 Å². The average Bonchev–Trinajstić information content (AvgIpc) is 2.91. The Bertz CT molecular complexity index is 1330. The fourth-order valence-electron chi connectivity index (χ4n) is 3.95. The number of anilines is 1. The quantitative estimate of drug-likeness (QED) is 0.413. The number of ether oxygens (including phenoxy) is 1. The Morgan fingerprint density at radius 3 is 2.30 bits per heavy atom. The fourth-order valence-corrected chi connectivity index (χ4v) is 5.45. The number of carbonyl (C=O) groups excluding carboxylic acids is 2. The predicted octanol–water partition coefficient (Wildman–Crippen LogP) is 3.75. The number of sulfonamides is 1. The summed E-state index contributed by atoms with van der Waals surface area (Å²) in [5, 5.41) is 2.75.